The van der Waals surface area contributed by atoms with E-state index in [4.69, 9.17) is 0 Å². The first kappa shape index (κ1) is 37.4. The lowest BCUT2D eigenvalue weighted by Crippen LogP contribution is -2.52. The lowest BCUT2D eigenvalue weighted by Gasteiger charge is -2.34. The number of rotatable bonds is 14. The fourth-order valence-corrected chi connectivity index (χ4v) is 10.8. The van der Waals surface area contributed by atoms with Crippen LogP contribution in [0.1, 0.15) is 88.2 Å². The Morgan fingerprint density at radius 1 is 0.534 bits per heavy atom. The van der Waals surface area contributed by atoms with Gasteiger partial charge in [-0.2, -0.15) is 0 Å². The molecule has 2 saturated heterocycles. The maximum atomic E-state index is 15.5. The van der Waals surface area contributed by atoms with Crippen molar-refractivity contribution in [3.8, 4) is 22.5 Å². The molecule has 2 saturated carbocycles. The van der Waals surface area contributed by atoms with Crippen molar-refractivity contribution in [2.75, 3.05) is 36.8 Å². The molecule has 300 valence electrons. The van der Waals surface area contributed by atoms with E-state index < -0.39 is 0 Å². The molecule has 2 aliphatic carbocycles. The van der Waals surface area contributed by atoms with Crippen molar-refractivity contribution in [1.29, 1.82) is 0 Å². The van der Waals surface area contributed by atoms with Crippen LogP contribution < -0.4 is 10.6 Å². The normalized spacial score (nSPS) is 19.4. The number of ketones is 1. The van der Waals surface area contributed by atoms with Crippen LogP contribution in [0.4, 0.5) is 11.4 Å². The first-order chi connectivity index (χ1) is 28.6. The second kappa shape index (κ2) is 16.8. The Morgan fingerprint density at radius 2 is 0.931 bits per heavy atom. The summed E-state index contributed by atoms with van der Waals surface area (Å²) in [6.07, 6.45) is 16.1. The number of H-pyrrole nitrogens is 2. The number of likely N-dealkylation sites (tertiary alicyclic amines) is 2. The minimum atomic E-state index is -0.158. The number of carbonyl (C=O) groups excluding carboxylic acids is 1. The summed E-state index contributed by atoms with van der Waals surface area (Å²) in [6, 6.07) is 36.1. The van der Waals surface area contributed by atoms with Gasteiger partial charge in [0, 0.05) is 34.2 Å². The monoisotopic (exact) mass is 772 g/mol. The summed E-state index contributed by atoms with van der Waals surface area (Å²) in [5.41, 5.74) is 11.9. The quantitative estimate of drug-likeness (QED) is 0.0887. The molecule has 58 heavy (non-hydrogen) atoms. The van der Waals surface area contributed by atoms with Crippen LogP contribution in [0.15, 0.2) is 97.1 Å². The van der Waals surface area contributed by atoms with Gasteiger partial charge < -0.3 is 20.6 Å². The molecular formula is C51H60N6O. The number of hydrogen-bond donors (Lipinski definition) is 4. The number of aromatic nitrogens is 2. The largest absolute Gasteiger partial charge is 0.381 e. The van der Waals surface area contributed by atoms with Crippen molar-refractivity contribution in [1.82, 2.24) is 19.8 Å². The summed E-state index contributed by atoms with van der Waals surface area (Å²) in [5.74, 6) is 0.401. The number of Topliss-reactive ketones (excluding diaryl/α,β-unsaturated/α-hetero) is 1. The highest BCUT2D eigenvalue weighted by Crippen LogP contribution is 2.36. The molecule has 4 aliphatic rings. The maximum absolute atomic E-state index is 15.5. The molecule has 2 atom stereocenters. The summed E-state index contributed by atoms with van der Waals surface area (Å²) in [4.78, 5) is 28.2. The van der Waals surface area contributed by atoms with Gasteiger partial charge >= 0.3 is 0 Å². The van der Waals surface area contributed by atoms with Crippen LogP contribution in [-0.2, 0) is 17.6 Å². The molecule has 2 aromatic heterocycles. The number of nitrogens with zero attached hydrogens (tertiary/aromatic N) is 2. The van der Waals surface area contributed by atoms with E-state index in [1.54, 1.807) is 0 Å². The molecule has 0 radical (unpaired) electrons. The van der Waals surface area contributed by atoms with Gasteiger partial charge in [-0.15, -0.1) is 0 Å². The average molecular weight is 773 g/mol. The van der Waals surface area contributed by atoms with Gasteiger partial charge in [-0.3, -0.25) is 14.6 Å². The van der Waals surface area contributed by atoms with E-state index in [0.717, 1.165) is 76.1 Å². The van der Waals surface area contributed by atoms with E-state index in [9.17, 15) is 0 Å². The zero-order valence-corrected chi connectivity index (χ0v) is 34.1. The summed E-state index contributed by atoms with van der Waals surface area (Å²) in [5, 5.41) is 10.4. The van der Waals surface area contributed by atoms with E-state index in [0.29, 0.717) is 17.9 Å². The molecule has 0 spiro atoms. The van der Waals surface area contributed by atoms with E-state index >= 15 is 4.79 Å². The third-order valence-electron chi connectivity index (χ3n) is 13.9. The van der Waals surface area contributed by atoms with E-state index in [-0.39, 0.29) is 12.1 Å². The van der Waals surface area contributed by atoms with E-state index in [2.05, 4.69) is 127 Å². The van der Waals surface area contributed by atoms with Gasteiger partial charge in [-0.05, 0) is 149 Å². The Morgan fingerprint density at radius 3 is 1.33 bits per heavy atom. The molecule has 10 rings (SSSR count). The third-order valence-corrected chi connectivity index (χ3v) is 13.9. The molecular weight excluding hydrogens is 713 g/mol. The van der Waals surface area contributed by atoms with Crippen molar-refractivity contribution < 1.29 is 4.79 Å². The summed E-state index contributed by atoms with van der Waals surface area (Å²) < 4.78 is 0. The number of fused-ring (bicyclic) bond motifs is 2. The summed E-state index contributed by atoms with van der Waals surface area (Å²) >= 11 is 0. The lowest BCUT2D eigenvalue weighted by atomic mass is 9.91. The molecule has 0 amide bonds. The van der Waals surface area contributed by atoms with Gasteiger partial charge in [0.1, 0.15) is 0 Å². The van der Waals surface area contributed by atoms with Gasteiger partial charge in [0.25, 0.3) is 0 Å². The fraction of sp³-hybridized carbons (Fsp3) is 0.431. The lowest BCUT2D eigenvalue weighted by molar-refractivity contribution is -0.129. The second-order valence-corrected chi connectivity index (χ2v) is 17.9. The minimum absolute atomic E-state index is 0.158. The van der Waals surface area contributed by atoms with Gasteiger partial charge in [0.2, 0.25) is 0 Å². The van der Waals surface area contributed by atoms with Crippen molar-refractivity contribution in [3.63, 3.8) is 0 Å². The van der Waals surface area contributed by atoms with Crippen LogP contribution in [0.5, 0.6) is 0 Å². The smallest absolute Gasteiger partial charge is 0.167 e. The maximum Gasteiger partial charge on any atom is 0.167 e. The first-order valence-corrected chi connectivity index (χ1v) is 22.6. The van der Waals surface area contributed by atoms with Crippen LogP contribution in [0.3, 0.4) is 0 Å². The van der Waals surface area contributed by atoms with Crippen LogP contribution >= 0.6 is 0 Å². The van der Waals surface area contributed by atoms with Gasteiger partial charge in [-0.25, -0.2) is 0 Å². The van der Waals surface area contributed by atoms with Crippen LogP contribution in [0.25, 0.3) is 44.3 Å². The third kappa shape index (κ3) is 7.96. The van der Waals surface area contributed by atoms with Crippen LogP contribution in [0.2, 0.25) is 0 Å². The van der Waals surface area contributed by atoms with Crippen molar-refractivity contribution in [3.05, 3.63) is 108 Å². The molecule has 4 aromatic carbocycles. The molecule has 4 heterocycles. The van der Waals surface area contributed by atoms with Gasteiger partial charge in [-0.1, -0.05) is 86.3 Å². The predicted molar refractivity (Wildman–Crippen MR) is 241 cm³/mol. The standard InChI is InChI=1S/C51H60N6O/c58-51(47(56-23-11-12-24-56)31-35-27-39-33-43(37-15-3-1-4-16-37)54-49(39)45(29-35)52-41-19-7-8-20-41)48(57-25-13-14-26-57)32-36-28-40-34-44(38-17-5-2-6-18-38)55-50(40)46(30-36)53-42-21-9-10-22-42/h1-6,15-18,27-30,33-34,41-42,47-48,52-55H,7-14,19-26,31-32H2. The molecule has 4 fully saturated rings. The number of nitrogens with one attached hydrogen (secondary N) is 4. The van der Waals surface area contributed by atoms with Crippen LogP contribution in [-0.4, -0.2) is 75.9 Å². The Balaban J connectivity index is 0.999. The second-order valence-electron chi connectivity index (χ2n) is 17.9. The topological polar surface area (TPSA) is 79.2 Å². The number of benzene rings is 4. The molecule has 4 N–H and O–H groups in total. The summed E-state index contributed by atoms with van der Waals surface area (Å²) in [7, 11) is 0. The molecule has 2 aliphatic heterocycles. The van der Waals surface area contributed by atoms with E-state index in [1.807, 2.05) is 0 Å². The number of anilines is 2. The Labute approximate surface area is 344 Å². The molecule has 0 bridgehead atoms. The molecule has 2 unspecified atom stereocenters. The average Bonchev–Trinajstić information content (AvgIpc) is 4.11. The zero-order chi connectivity index (χ0) is 38.8. The number of carbonyl (C=O) groups is 1. The van der Waals surface area contributed by atoms with Crippen LogP contribution in [0, 0.1) is 0 Å². The van der Waals surface area contributed by atoms with Crippen molar-refractivity contribution in [2.24, 2.45) is 0 Å². The highest BCUT2D eigenvalue weighted by Gasteiger charge is 2.37. The summed E-state index contributed by atoms with van der Waals surface area (Å²) in [6.45, 7) is 3.98. The van der Waals surface area contributed by atoms with Crippen molar-refractivity contribution in [2.45, 2.75) is 114 Å². The molecule has 7 nitrogen and oxygen atoms in total. The fourth-order valence-electron chi connectivity index (χ4n) is 10.8. The molecule has 6 aromatic rings. The molecule has 7 heteroatoms. The first-order valence-electron chi connectivity index (χ1n) is 22.6. The SMILES string of the molecule is O=C(C(Cc1cc(NC2CCCC2)c2[nH]c(-c3ccccc3)cc2c1)N1CCCC1)C(Cc1cc(NC2CCCC2)c2[nH]c(-c3ccccc3)cc2c1)N1CCCC1. The zero-order valence-electron chi connectivity index (χ0n) is 34.1. The Kier molecular flexibility index (Phi) is 10.8. The minimum Gasteiger partial charge on any atom is -0.381 e. The Hall–Kier alpha value is -4.85. The van der Waals surface area contributed by atoms with Crippen molar-refractivity contribution >= 4 is 39.0 Å². The number of hydrogen-bond acceptors (Lipinski definition) is 5. The predicted octanol–water partition coefficient (Wildman–Crippen LogP) is 11.0. The number of aromatic amines is 2. The Bertz CT molecular complexity index is 2160. The highest BCUT2D eigenvalue weighted by molar-refractivity contribution is 5.97. The van der Waals surface area contributed by atoms with E-state index in [1.165, 1.54) is 107 Å². The van der Waals surface area contributed by atoms with Gasteiger partial charge in [0.15, 0.2) is 5.78 Å². The van der Waals surface area contributed by atoms with Gasteiger partial charge in [0.05, 0.1) is 34.5 Å². The highest BCUT2D eigenvalue weighted by atomic mass is 16.1.